The summed E-state index contributed by atoms with van der Waals surface area (Å²) in [7, 11) is 1.88. The maximum absolute atomic E-state index is 12.2. The van der Waals surface area contributed by atoms with Crippen LogP contribution < -0.4 is 10.5 Å². The fourth-order valence-corrected chi connectivity index (χ4v) is 4.95. The fourth-order valence-electron chi connectivity index (χ4n) is 3.73. The number of primary amides is 1. The molecule has 5 rings (SSSR count). The van der Waals surface area contributed by atoms with E-state index in [0.29, 0.717) is 15.6 Å². The second-order valence-electron chi connectivity index (χ2n) is 7.64. The molecule has 0 saturated heterocycles. The lowest BCUT2D eigenvalue weighted by Crippen LogP contribution is -2.12. The van der Waals surface area contributed by atoms with E-state index in [4.69, 9.17) is 22.1 Å². The van der Waals surface area contributed by atoms with Gasteiger partial charge in [-0.15, -0.1) is 11.3 Å². The molecule has 5 aromatic rings. The highest BCUT2D eigenvalue weighted by Crippen LogP contribution is 2.37. The van der Waals surface area contributed by atoms with Gasteiger partial charge in [0.05, 0.1) is 17.2 Å². The predicted molar refractivity (Wildman–Crippen MR) is 130 cm³/mol. The van der Waals surface area contributed by atoms with Crippen LogP contribution in [-0.2, 0) is 7.05 Å². The first-order chi connectivity index (χ1) is 15.9. The highest BCUT2D eigenvalue weighted by Gasteiger charge is 2.21. The van der Waals surface area contributed by atoms with E-state index in [1.54, 1.807) is 11.0 Å². The number of nitrogens with zero attached hydrogens (tertiary/aromatic N) is 4. The van der Waals surface area contributed by atoms with E-state index in [-0.39, 0.29) is 6.10 Å². The van der Waals surface area contributed by atoms with Gasteiger partial charge >= 0.3 is 0 Å². The Balaban J connectivity index is 1.55. The molecule has 7 nitrogen and oxygen atoms in total. The summed E-state index contributed by atoms with van der Waals surface area (Å²) in [6.07, 6.45) is 5.15. The van der Waals surface area contributed by atoms with E-state index in [9.17, 15) is 4.79 Å². The largest absolute Gasteiger partial charge is 0.484 e. The molecule has 0 unspecified atom stereocenters. The molecule has 0 aliphatic rings. The molecule has 0 spiro atoms. The first-order valence-electron chi connectivity index (χ1n) is 10.2. The van der Waals surface area contributed by atoms with Crippen molar-refractivity contribution in [2.75, 3.05) is 0 Å². The van der Waals surface area contributed by atoms with Gasteiger partial charge in [0.25, 0.3) is 5.91 Å². The highest BCUT2D eigenvalue weighted by molar-refractivity contribution is 7.16. The summed E-state index contributed by atoms with van der Waals surface area (Å²) < 4.78 is 9.83. The molecule has 0 radical (unpaired) electrons. The van der Waals surface area contributed by atoms with Gasteiger partial charge in [0.2, 0.25) is 0 Å². The van der Waals surface area contributed by atoms with Gasteiger partial charge in [0.1, 0.15) is 28.1 Å². The van der Waals surface area contributed by atoms with Crippen LogP contribution in [0.5, 0.6) is 5.75 Å². The van der Waals surface area contributed by atoms with Gasteiger partial charge in [-0.1, -0.05) is 35.9 Å². The Morgan fingerprint density at radius 1 is 1.18 bits per heavy atom. The van der Waals surface area contributed by atoms with Gasteiger partial charge < -0.3 is 10.5 Å². The minimum atomic E-state index is -0.548. The van der Waals surface area contributed by atoms with Gasteiger partial charge in [-0.2, -0.15) is 5.10 Å². The number of ether oxygens (including phenoxy) is 1. The number of hydrogen-bond donors (Lipinski definition) is 1. The Morgan fingerprint density at radius 3 is 2.73 bits per heavy atom. The number of thiophene rings is 1. The normalized spacial score (nSPS) is 12.2. The van der Waals surface area contributed by atoms with Crippen molar-refractivity contribution in [1.29, 1.82) is 0 Å². The van der Waals surface area contributed by atoms with Crippen molar-refractivity contribution in [2.45, 2.75) is 13.0 Å². The lowest BCUT2D eigenvalue weighted by Gasteiger charge is -2.16. The number of hydrogen-bond acceptors (Lipinski definition) is 5. The molecule has 0 fully saturated rings. The topological polar surface area (TPSA) is 88.0 Å². The Morgan fingerprint density at radius 2 is 2.00 bits per heavy atom. The zero-order valence-corrected chi connectivity index (χ0v) is 19.5. The second-order valence-corrected chi connectivity index (χ2v) is 9.08. The van der Waals surface area contributed by atoms with Crippen molar-refractivity contribution in [1.82, 2.24) is 19.3 Å². The van der Waals surface area contributed by atoms with E-state index >= 15 is 0 Å². The van der Waals surface area contributed by atoms with Crippen LogP contribution >= 0.6 is 22.9 Å². The maximum atomic E-state index is 12.2. The van der Waals surface area contributed by atoms with E-state index in [1.807, 2.05) is 73.4 Å². The van der Waals surface area contributed by atoms with Crippen LogP contribution in [0.4, 0.5) is 0 Å². The van der Waals surface area contributed by atoms with Gasteiger partial charge in [-0.05, 0) is 30.7 Å². The first-order valence-corrected chi connectivity index (χ1v) is 11.4. The molecule has 166 valence electrons. The van der Waals surface area contributed by atoms with Crippen molar-refractivity contribution in [3.8, 4) is 21.9 Å². The Hall–Kier alpha value is -3.62. The average Bonchev–Trinajstić information content (AvgIpc) is 3.51. The number of aromatic nitrogens is 4. The number of aryl methyl sites for hydroxylation is 1. The van der Waals surface area contributed by atoms with E-state index in [1.165, 1.54) is 11.3 Å². The molecule has 2 N–H and O–H groups in total. The molecule has 3 aromatic heterocycles. The Bertz CT molecular complexity index is 1490. The molecule has 3 heterocycles. The molecule has 0 bridgehead atoms. The lowest BCUT2D eigenvalue weighted by molar-refractivity contribution is 0.0998. The molecule has 0 aliphatic carbocycles. The number of fused-ring (bicyclic) bond motifs is 1. The number of rotatable bonds is 6. The summed E-state index contributed by atoms with van der Waals surface area (Å²) in [6, 6.07) is 15.3. The summed E-state index contributed by atoms with van der Waals surface area (Å²) in [5, 5.41) is 5.63. The summed E-state index contributed by atoms with van der Waals surface area (Å²) in [4.78, 5) is 17.0. The number of carbonyl (C=O) groups is 1. The molecule has 2 aromatic carbocycles. The number of imidazole rings is 1. The summed E-state index contributed by atoms with van der Waals surface area (Å²) in [5.74, 6) is -0.131. The Labute approximate surface area is 199 Å². The number of halogens is 1. The minimum absolute atomic E-state index is 0.342. The molecule has 0 aliphatic heterocycles. The predicted octanol–water partition coefficient (Wildman–Crippen LogP) is 5.38. The van der Waals surface area contributed by atoms with Crippen molar-refractivity contribution in [3.05, 3.63) is 82.7 Å². The summed E-state index contributed by atoms with van der Waals surface area (Å²) >= 11 is 7.58. The monoisotopic (exact) mass is 477 g/mol. The molecule has 9 heteroatoms. The van der Waals surface area contributed by atoms with Crippen LogP contribution in [0, 0.1) is 0 Å². The lowest BCUT2D eigenvalue weighted by atomic mass is 10.1. The molecular weight excluding hydrogens is 458 g/mol. The van der Waals surface area contributed by atoms with Crippen LogP contribution in [0.2, 0.25) is 5.02 Å². The van der Waals surface area contributed by atoms with Gasteiger partial charge in [-0.3, -0.25) is 14.0 Å². The third kappa shape index (κ3) is 3.99. The highest BCUT2D eigenvalue weighted by atomic mass is 35.5. The smallest absolute Gasteiger partial charge is 0.262 e. The van der Waals surface area contributed by atoms with Crippen LogP contribution in [0.25, 0.3) is 27.2 Å². The van der Waals surface area contributed by atoms with Crippen LogP contribution in [0.1, 0.15) is 28.3 Å². The van der Waals surface area contributed by atoms with Crippen molar-refractivity contribution in [2.24, 2.45) is 12.8 Å². The third-order valence-corrected chi connectivity index (χ3v) is 6.85. The Kier molecular flexibility index (Phi) is 5.39. The standard InChI is InChI=1S/C24H20ClN5O2S/c1-14(17-5-3-4-6-18(17)25)32-21-10-22(33-23(21)24(26)31)30-13-27-19-8-7-15(9-20(19)30)16-11-28-29(2)12-16/h3-14H,1-2H3,(H2,26,31)/t14-/m1/s1. The maximum Gasteiger partial charge on any atom is 0.262 e. The van der Waals surface area contributed by atoms with Gasteiger partial charge in [0, 0.05) is 35.5 Å². The van der Waals surface area contributed by atoms with Crippen LogP contribution in [-0.4, -0.2) is 25.2 Å². The number of benzene rings is 2. The number of amides is 1. The molecule has 33 heavy (non-hydrogen) atoms. The first kappa shape index (κ1) is 21.2. The van der Waals surface area contributed by atoms with E-state index in [2.05, 4.69) is 16.1 Å². The van der Waals surface area contributed by atoms with Crippen molar-refractivity contribution >= 4 is 39.9 Å². The number of nitrogens with two attached hydrogens (primary N) is 1. The van der Waals surface area contributed by atoms with E-state index in [0.717, 1.165) is 32.7 Å². The summed E-state index contributed by atoms with van der Waals surface area (Å²) in [5.41, 5.74) is 10.3. The van der Waals surface area contributed by atoms with Crippen molar-refractivity contribution in [3.63, 3.8) is 0 Å². The second kappa shape index (κ2) is 8.38. The van der Waals surface area contributed by atoms with Crippen molar-refractivity contribution < 1.29 is 9.53 Å². The van der Waals surface area contributed by atoms with E-state index < -0.39 is 5.91 Å². The SMILES string of the molecule is C[C@@H](Oc1cc(-n2cnc3ccc(-c4cnn(C)c4)cc32)sc1C(N)=O)c1ccccc1Cl. The average molecular weight is 478 g/mol. The van der Waals surface area contributed by atoms with Gasteiger partial charge in [0.15, 0.2) is 0 Å². The number of carbonyl (C=O) groups excluding carboxylic acids is 1. The van der Waals surface area contributed by atoms with Crippen LogP contribution in [0.15, 0.2) is 67.3 Å². The third-order valence-electron chi connectivity index (χ3n) is 5.38. The van der Waals surface area contributed by atoms with Gasteiger partial charge in [-0.25, -0.2) is 4.98 Å². The quantitative estimate of drug-likeness (QED) is 0.355. The fraction of sp³-hybridized carbons (Fsp3) is 0.125. The molecular formula is C24H20ClN5O2S. The summed E-state index contributed by atoms with van der Waals surface area (Å²) in [6.45, 7) is 1.89. The molecule has 1 atom stereocenters. The molecule has 0 saturated carbocycles. The zero-order valence-electron chi connectivity index (χ0n) is 17.9. The van der Waals surface area contributed by atoms with Crippen LogP contribution in [0.3, 0.4) is 0 Å². The molecule has 1 amide bonds. The zero-order chi connectivity index (χ0) is 23.1. The minimum Gasteiger partial charge on any atom is -0.484 e.